The largest absolute Gasteiger partial charge is 0.416 e. The van der Waals surface area contributed by atoms with Gasteiger partial charge in [0.2, 0.25) is 5.95 Å². The van der Waals surface area contributed by atoms with E-state index in [1.807, 2.05) is 17.9 Å². The molecule has 1 unspecified atom stereocenters. The number of rotatable bonds is 3. The van der Waals surface area contributed by atoms with Crippen LogP contribution in [0.3, 0.4) is 0 Å². The summed E-state index contributed by atoms with van der Waals surface area (Å²) in [6, 6.07) is 9.16. The Morgan fingerprint density at radius 2 is 1.84 bits per heavy atom. The fraction of sp³-hybridized carbons (Fsp3) is 0.409. The molecule has 3 aromatic rings. The van der Waals surface area contributed by atoms with Gasteiger partial charge in [-0.05, 0) is 37.1 Å². The molecule has 2 atom stereocenters. The molecule has 0 bridgehead atoms. The van der Waals surface area contributed by atoms with Crippen LogP contribution in [-0.4, -0.2) is 47.3 Å². The number of anilines is 2. The number of benzene rings is 1. The van der Waals surface area contributed by atoms with Crippen LogP contribution < -0.4 is 9.80 Å². The second-order valence-corrected chi connectivity index (χ2v) is 7.92. The number of hydrogen-bond acceptors (Lipinski definition) is 6. The average Bonchev–Trinajstić information content (AvgIpc) is 2.73. The first-order valence-electron chi connectivity index (χ1n) is 10.3. The lowest BCUT2D eigenvalue weighted by molar-refractivity contribution is -0.138. The van der Waals surface area contributed by atoms with E-state index >= 15 is 0 Å². The van der Waals surface area contributed by atoms with Gasteiger partial charge in [0.1, 0.15) is 5.82 Å². The highest BCUT2D eigenvalue weighted by Gasteiger charge is 2.40. The van der Waals surface area contributed by atoms with Crippen molar-refractivity contribution in [3.8, 4) is 0 Å². The maximum atomic E-state index is 13.6. The van der Waals surface area contributed by atoms with Crippen molar-refractivity contribution in [2.75, 3.05) is 36.1 Å². The Balaban J connectivity index is 0.00000245. The maximum absolute atomic E-state index is 13.6. The number of hydrogen-bond donors (Lipinski definition) is 0. The van der Waals surface area contributed by atoms with Gasteiger partial charge in [0.15, 0.2) is 5.65 Å². The lowest BCUT2D eigenvalue weighted by atomic mass is 9.90. The van der Waals surface area contributed by atoms with Crippen LogP contribution in [0.2, 0.25) is 0 Å². The zero-order valence-corrected chi connectivity index (χ0v) is 18.5. The van der Waals surface area contributed by atoms with E-state index in [-0.39, 0.29) is 25.1 Å². The standard InChI is InChI=1S/C22H22F3N5O.H2S/c1-14-13-31-12-11-29(14)21-27-19-16(6-4-9-26-19)20(28-21)30-10-8-18(30)15-5-2-3-7-17(15)22(23,24)25;/h2-7,9,14,18H,8,10-13H2,1H3;1H2/t14-,18?;/m0./s1. The van der Waals surface area contributed by atoms with Crippen LogP contribution in [0.4, 0.5) is 24.9 Å². The van der Waals surface area contributed by atoms with Crippen LogP contribution in [0.25, 0.3) is 11.0 Å². The highest BCUT2D eigenvalue weighted by atomic mass is 32.1. The molecule has 0 amide bonds. The fourth-order valence-corrected chi connectivity index (χ4v) is 4.32. The SMILES string of the molecule is C[C@H]1COCCN1c1nc(N2CCC2c2ccccc2C(F)(F)F)c2cccnc2n1.S. The number of nitrogens with zero attached hydrogens (tertiary/aromatic N) is 5. The molecule has 32 heavy (non-hydrogen) atoms. The van der Waals surface area contributed by atoms with E-state index in [2.05, 4.69) is 14.9 Å². The van der Waals surface area contributed by atoms with E-state index < -0.39 is 17.8 Å². The summed E-state index contributed by atoms with van der Waals surface area (Å²) in [7, 11) is 0. The molecule has 2 aromatic heterocycles. The first-order valence-corrected chi connectivity index (χ1v) is 10.3. The molecule has 4 heterocycles. The summed E-state index contributed by atoms with van der Waals surface area (Å²) < 4.78 is 46.4. The molecule has 1 aromatic carbocycles. The predicted molar refractivity (Wildman–Crippen MR) is 121 cm³/mol. The molecule has 0 saturated carbocycles. The molecule has 2 fully saturated rings. The van der Waals surface area contributed by atoms with Gasteiger partial charge in [-0.1, -0.05) is 18.2 Å². The van der Waals surface area contributed by atoms with Gasteiger partial charge in [-0.25, -0.2) is 4.98 Å². The van der Waals surface area contributed by atoms with Crippen molar-refractivity contribution in [1.29, 1.82) is 0 Å². The summed E-state index contributed by atoms with van der Waals surface area (Å²) in [5.74, 6) is 1.16. The van der Waals surface area contributed by atoms with E-state index in [0.717, 1.165) is 11.5 Å². The summed E-state index contributed by atoms with van der Waals surface area (Å²) >= 11 is 0. The molecular weight excluding hydrogens is 439 g/mol. The maximum Gasteiger partial charge on any atom is 0.416 e. The van der Waals surface area contributed by atoms with Crippen LogP contribution in [0.5, 0.6) is 0 Å². The molecule has 2 aliphatic heterocycles. The summed E-state index contributed by atoms with van der Waals surface area (Å²) in [5.41, 5.74) is 0.220. The van der Waals surface area contributed by atoms with Gasteiger partial charge in [0.25, 0.3) is 0 Å². The molecule has 6 nitrogen and oxygen atoms in total. The summed E-state index contributed by atoms with van der Waals surface area (Å²) in [6.45, 7) is 4.46. The van der Waals surface area contributed by atoms with Crippen molar-refractivity contribution >= 4 is 36.3 Å². The second kappa shape index (κ2) is 8.74. The van der Waals surface area contributed by atoms with E-state index in [0.29, 0.717) is 50.1 Å². The third kappa shape index (κ3) is 3.97. The Bertz CT molecular complexity index is 1110. The Kier molecular flexibility index (Phi) is 6.17. The van der Waals surface area contributed by atoms with Crippen LogP contribution in [0, 0.1) is 0 Å². The molecule has 170 valence electrons. The minimum Gasteiger partial charge on any atom is -0.377 e. The molecule has 5 rings (SSSR count). The number of aromatic nitrogens is 3. The smallest absolute Gasteiger partial charge is 0.377 e. The van der Waals surface area contributed by atoms with Crippen LogP contribution in [0.1, 0.15) is 30.5 Å². The zero-order chi connectivity index (χ0) is 21.6. The van der Waals surface area contributed by atoms with E-state index in [4.69, 9.17) is 9.72 Å². The van der Waals surface area contributed by atoms with Crippen molar-refractivity contribution in [2.45, 2.75) is 31.6 Å². The Morgan fingerprint density at radius 1 is 1.03 bits per heavy atom. The van der Waals surface area contributed by atoms with E-state index in [1.54, 1.807) is 24.4 Å². The average molecular weight is 464 g/mol. The highest BCUT2D eigenvalue weighted by molar-refractivity contribution is 7.59. The Morgan fingerprint density at radius 3 is 2.56 bits per heavy atom. The number of alkyl halides is 3. The topological polar surface area (TPSA) is 54.4 Å². The van der Waals surface area contributed by atoms with Gasteiger partial charge >= 0.3 is 6.18 Å². The quantitative estimate of drug-likeness (QED) is 0.576. The van der Waals surface area contributed by atoms with Crippen LogP contribution in [-0.2, 0) is 10.9 Å². The number of fused-ring (bicyclic) bond motifs is 1. The first-order chi connectivity index (χ1) is 14.9. The van der Waals surface area contributed by atoms with Crippen molar-refractivity contribution in [3.05, 3.63) is 53.7 Å². The van der Waals surface area contributed by atoms with Gasteiger partial charge in [0.05, 0.1) is 36.2 Å². The molecule has 2 saturated heterocycles. The molecule has 0 N–H and O–H groups in total. The third-order valence-corrected chi connectivity index (χ3v) is 5.98. The number of ether oxygens (including phenoxy) is 1. The number of halogens is 3. The van der Waals surface area contributed by atoms with Crippen molar-refractivity contribution < 1.29 is 17.9 Å². The number of pyridine rings is 1. The lowest BCUT2D eigenvalue weighted by Gasteiger charge is -2.44. The van der Waals surface area contributed by atoms with Gasteiger partial charge < -0.3 is 14.5 Å². The van der Waals surface area contributed by atoms with Gasteiger partial charge in [-0.15, -0.1) is 0 Å². The van der Waals surface area contributed by atoms with E-state index in [9.17, 15) is 13.2 Å². The normalized spacial score (nSPS) is 21.2. The number of morpholine rings is 1. The monoisotopic (exact) mass is 463 g/mol. The van der Waals surface area contributed by atoms with Crippen molar-refractivity contribution in [1.82, 2.24) is 15.0 Å². The van der Waals surface area contributed by atoms with E-state index in [1.165, 1.54) is 6.07 Å². The molecule has 0 spiro atoms. The van der Waals surface area contributed by atoms with Gasteiger partial charge in [-0.3, -0.25) is 0 Å². The van der Waals surface area contributed by atoms with Crippen molar-refractivity contribution in [3.63, 3.8) is 0 Å². The predicted octanol–water partition coefficient (Wildman–Crippen LogP) is 4.33. The minimum absolute atomic E-state index is 0. The minimum atomic E-state index is -4.40. The van der Waals surface area contributed by atoms with Gasteiger partial charge in [-0.2, -0.15) is 36.6 Å². The molecule has 0 aliphatic carbocycles. The first kappa shape index (κ1) is 22.6. The molecular formula is C22H24F3N5OS. The third-order valence-electron chi connectivity index (χ3n) is 5.98. The Hall–Kier alpha value is -2.59. The lowest BCUT2D eigenvalue weighted by Crippen LogP contribution is -2.46. The summed E-state index contributed by atoms with van der Waals surface area (Å²) in [4.78, 5) is 17.9. The highest BCUT2D eigenvalue weighted by Crippen LogP contribution is 2.44. The molecule has 0 radical (unpaired) electrons. The zero-order valence-electron chi connectivity index (χ0n) is 17.5. The summed E-state index contributed by atoms with van der Waals surface area (Å²) in [6.07, 6.45) is -2.11. The van der Waals surface area contributed by atoms with Crippen LogP contribution >= 0.6 is 13.5 Å². The Labute approximate surface area is 190 Å². The molecule has 10 heteroatoms. The molecule has 2 aliphatic rings. The summed E-state index contributed by atoms with van der Waals surface area (Å²) in [5, 5.41) is 0.737. The van der Waals surface area contributed by atoms with Crippen molar-refractivity contribution in [2.24, 2.45) is 0 Å². The van der Waals surface area contributed by atoms with Crippen LogP contribution in [0.15, 0.2) is 42.6 Å². The fourth-order valence-electron chi connectivity index (χ4n) is 4.32. The second-order valence-electron chi connectivity index (χ2n) is 7.92. The van der Waals surface area contributed by atoms with Gasteiger partial charge in [0, 0.05) is 19.3 Å².